The zero-order chi connectivity index (χ0) is 13.9. The summed E-state index contributed by atoms with van der Waals surface area (Å²) >= 11 is 8.09. The van der Waals surface area contributed by atoms with Gasteiger partial charge in [0.05, 0.1) is 0 Å². The highest BCUT2D eigenvalue weighted by molar-refractivity contribution is 7.10. The van der Waals surface area contributed by atoms with Gasteiger partial charge in [-0.1, -0.05) is 35.9 Å². The van der Waals surface area contributed by atoms with Crippen LogP contribution in [0.5, 0.6) is 0 Å². The molecule has 3 rings (SSSR count). The summed E-state index contributed by atoms with van der Waals surface area (Å²) in [6.07, 6.45) is 1.08. The van der Waals surface area contributed by atoms with Crippen LogP contribution in [0.2, 0.25) is 5.02 Å². The maximum absolute atomic E-state index is 6.26. The van der Waals surface area contributed by atoms with Crippen LogP contribution in [-0.2, 0) is 6.54 Å². The Balaban J connectivity index is 1.72. The molecule has 1 saturated heterocycles. The van der Waals surface area contributed by atoms with Gasteiger partial charge in [0.25, 0.3) is 0 Å². The number of nitrogens with zero attached hydrogens (tertiary/aromatic N) is 1. The average molecular weight is 307 g/mol. The molecule has 0 aliphatic carbocycles. The van der Waals surface area contributed by atoms with Crippen LogP contribution < -0.4 is 5.73 Å². The fraction of sp³-hybridized carbons (Fsp3) is 0.375. The molecule has 2 heterocycles. The molecule has 20 heavy (non-hydrogen) atoms. The molecule has 2 N–H and O–H groups in total. The first-order valence-corrected chi connectivity index (χ1v) is 8.23. The van der Waals surface area contributed by atoms with Crippen LogP contribution >= 0.6 is 22.9 Å². The van der Waals surface area contributed by atoms with Crippen LogP contribution in [0.3, 0.4) is 0 Å². The summed E-state index contributed by atoms with van der Waals surface area (Å²) in [7, 11) is 0. The van der Waals surface area contributed by atoms with Crippen molar-refractivity contribution in [2.45, 2.75) is 24.9 Å². The minimum Gasteiger partial charge on any atom is -0.327 e. The van der Waals surface area contributed by atoms with Crippen molar-refractivity contribution >= 4 is 22.9 Å². The lowest BCUT2D eigenvalue weighted by Crippen LogP contribution is -2.45. The predicted octanol–water partition coefficient (Wildman–Crippen LogP) is 3.72. The first kappa shape index (κ1) is 14.1. The van der Waals surface area contributed by atoms with Gasteiger partial charge in [0, 0.05) is 41.5 Å². The summed E-state index contributed by atoms with van der Waals surface area (Å²) in [5.74, 6) is 0.557. The highest BCUT2D eigenvalue weighted by atomic mass is 35.5. The van der Waals surface area contributed by atoms with Gasteiger partial charge in [-0.05, 0) is 29.5 Å². The lowest BCUT2D eigenvalue weighted by molar-refractivity contribution is 0.182. The molecule has 0 amide bonds. The molecular formula is C16H19ClN2S. The summed E-state index contributed by atoms with van der Waals surface area (Å²) < 4.78 is 0. The lowest BCUT2D eigenvalue weighted by Gasteiger charge is -2.36. The molecule has 2 atom stereocenters. The molecule has 0 spiro atoms. The van der Waals surface area contributed by atoms with Gasteiger partial charge in [-0.2, -0.15) is 0 Å². The Morgan fingerprint density at radius 2 is 2.05 bits per heavy atom. The predicted molar refractivity (Wildman–Crippen MR) is 86.4 cm³/mol. The SMILES string of the molecule is NC1CC(c2cccs2)CN(Cc2ccccc2Cl)C1. The molecule has 4 heteroatoms. The van der Waals surface area contributed by atoms with Crippen LogP contribution in [0.25, 0.3) is 0 Å². The van der Waals surface area contributed by atoms with Gasteiger partial charge < -0.3 is 5.73 Å². The van der Waals surface area contributed by atoms with Gasteiger partial charge in [-0.25, -0.2) is 0 Å². The Labute approximate surface area is 129 Å². The number of halogens is 1. The van der Waals surface area contributed by atoms with Gasteiger partial charge in [0.1, 0.15) is 0 Å². The van der Waals surface area contributed by atoms with Crippen LogP contribution in [0.15, 0.2) is 41.8 Å². The number of hydrogen-bond acceptors (Lipinski definition) is 3. The molecule has 1 aliphatic rings. The topological polar surface area (TPSA) is 29.3 Å². The summed E-state index contributed by atoms with van der Waals surface area (Å²) in [4.78, 5) is 3.88. The van der Waals surface area contributed by atoms with Crippen molar-refractivity contribution in [3.63, 3.8) is 0 Å². The zero-order valence-electron chi connectivity index (χ0n) is 11.3. The second kappa shape index (κ2) is 6.27. The van der Waals surface area contributed by atoms with Crippen molar-refractivity contribution in [2.75, 3.05) is 13.1 Å². The van der Waals surface area contributed by atoms with Crippen molar-refractivity contribution in [3.05, 3.63) is 57.2 Å². The maximum atomic E-state index is 6.26. The van der Waals surface area contributed by atoms with Crippen LogP contribution in [0.1, 0.15) is 22.8 Å². The number of nitrogens with two attached hydrogens (primary N) is 1. The number of thiophene rings is 1. The quantitative estimate of drug-likeness (QED) is 0.936. The summed E-state index contributed by atoms with van der Waals surface area (Å²) in [6.45, 7) is 2.90. The van der Waals surface area contributed by atoms with Crippen LogP contribution in [0.4, 0.5) is 0 Å². The van der Waals surface area contributed by atoms with Gasteiger partial charge in [0.2, 0.25) is 0 Å². The number of benzene rings is 1. The molecule has 1 aromatic carbocycles. The molecule has 1 aromatic heterocycles. The second-order valence-electron chi connectivity index (χ2n) is 5.49. The molecular weight excluding hydrogens is 288 g/mol. The van der Waals surface area contributed by atoms with Crippen molar-refractivity contribution in [3.8, 4) is 0 Å². The largest absolute Gasteiger partial charge is 0.327 e. The molecule has 0 bridgehead atoms. The third-order valence-electron chi connectivity index (χ3n) is 3.86. The fourth-order valence-electron chi connectivity index (χ4n) is 2.96. The normalized spacial score (nSPS) is 23.9. The van der Waals surface area contributed by atoms with E-state index in [-0.39, 0.29) is 6.04 Å². The molecule has 106 valence electrons. The Hall–Kier alpha value is -0.870. The second-order valence-corrected chi connectivity index (χ2v) is 6.88. The van der Waals surface area contributed by atoms with E-state index in [4.69, 9.17) is 17.3 Å². The van der Waals surface area contributed by atoms with Gasteiger partial charge >= 0.3 is 0 Å². The molecule has 0 radical (unpaired) electrons. The minimum absolute atomic E-state index is 0.248. The van der Waals surface area contributed by atoms with E-state index >= 15 is 0 Å². The molecule has 2 aromatic rings. The van der Waals surface area contributed by atoms with E-state index in [2.05, 4.69) is 28.5 Å². The molecule has 2 nitrogen and oxygen atoms in total. The zero-order valence-corrected chi connectivity index (χ0v) is 12.9. The smallest absolute Gasteiger partial charge is 0.0451 e. The number of piperidine rings is 1. The summed E-state index contributed by atoms with van der Waals surface area (Å²) in [5, 5.41) is 2.99. The standard InChI is InChI=1S/C16H19ClN2S/c17-15-5-2-1-4-12(15)9-19-10-13(8-14(18)11-19)16-6-3-7-20-16/h1-7,13-14H,8-11,18H2. The third kappa shape index (κ3) is 3.23. The third-order valence-corrected chi connectivity index (χ3v) is 5.26. The van der Waals surface area contributed by atoms with Crippen molar-refractivity contribution in [2.24, 2.45) is 5.73 Å². The average Bonchev–Trinajstić information content (AvgIpc) is 2.95. The van der Waals surface area contributed by atoms with E-state index in [9.17, 15) is 0 Å². The molecule has 2 unspecified atom stereocenters. The van der Waals surface area contributed by atoms with Gasteiger partial charge in [0.15, 0.2) is 0 Å². The Morgan fingerprint density at radius 3 is 2.80 bits per heavy atom. The van der Waals surface area contributed by atoms with E-state index in [0.717, 1.165) is 31.1 Å². The first-order valence-electron chi connectivity index (χ1n) is 6.97. The van der Waals surface area contributed by atoms with Gasteiger partial charge in [-0.15, -0.1) is 11.3 Å². The first-order chi connectivity index (χ1) is 9.72. The molecule has 0 saturated carbocycles. The lowest BCUT2D eigenvalue weighted by atomic mass is 9.93. The fourth-order valence-corrected chi connectivity index (χ4v) is 3.99. The van der Waals surface area contributed by atoms with E-state index in [1.54, 1.807) is 0 Å². The monoisotopic (exact) mass is 306 g/mol. The van der Waals surface area contributed by atoms with E-state index in [1.807, 2.05) is 29.5 Å². The van der Waals surface area contributed by atoms with Crippen molar-refractivity contribution < 1.29 is 0 Å². The molecule has 1 fully saturated rings. The Bertz CT molecular complexity index is 555. The minimum atomic E-state index is 0.248. The van der Waals surface area contributed by atoms with Crippen LogP contribution in [-0.4, -0.2) is 24.0 Å². The Kier molecular flexibility index (Phi) is 4.41. The van der Waals surface area contributed by atoms with E-state index < -0.39 is 0 Å². The molecule has 1 aliphatic heterocycles. The summed E-state index contributed by atoms with van der Waals surface area (Å²) in [5.41, 5.74) is 7.43. The maximum Gasteiger partial charge on any atom is 0.0451 e. The summed E-state index contributed by atoms with van der Waals surface area (Å²) in [6, 6.07) is 12.7. The Morgan fingerprint density at radius 1 is 1.20 bits per heavy atom. The highest BCUT2D eigenvalue weighted by Gasteiger charge is 2.27. The van der Waals surface area contributed by atoms with E-state index in [1.165, 1.54) is 10.4 Å². The van der Waals surface area contributed by atoms with E-state index in [0.29, 0.717) is 5.92 Å². The van der Waals surface area contributed by atoms with Gasteiger partial charge in [-0.3, -0.25) is 4.90 Å². The highest BCUT2D eigenvalue weighted by Crippen LogP contribution is 2.30. The number of rotatable bonds is 3. The number of hydrogen-bond donors (Lipinski definition) is 1. The van der Waals surface area contributed by atoms with Crippen molar-refractivity contribution in [1.82, 2.24) is 4.90 Å². The van der Waals surface area contributed by atoms with Crippen LogP contribution in [0, 0.1) is 0 Å². The number of likely N-dealkylation sites (tertiary alicyclic amines) is 1. The van der Waals surface area contributed by atoms with Crippen molar-refractivity contribution in [1.29, 1.82) is 0 Å².